The molecule has 0 atom stereocenters. The summed E-state index contributed by atoms with van der Waals surface area (Å²) >= 11 is 0. The second-order valence-corrected chi connectivity index (χ2v) is 18.6. The van der Waals surface area contributed by atoms with Crippen LogP contribution in [0.5, 0.6) is 0 Å². The van der Waals surface area contributed by atoms with Gasteiger partial charge in [0, 0.05) is 11.4 Å². The lowest BCUT2D eigenvalue weighted by atomic mass is 10.2. The molecule has 96 valence electrons. The molecule has 0 saturated heterocycles. The molecule has 0 saturated carbocycles. The lowest BCUT2D eigenvalue weighted by molar-refractivity contribution is 1.02. The lowest BCUT2D eigenvalue weighted by Gasteiger charge is -2.38. The van der Waals surface area contributed by atoms with Gasteiger partial charge in [0.2, 0.25) is 0 Å². The molecule has 0 aromatic carbocycles. The molecule has 1 nitrogen and oxygen atoms in total. The molecule has 0 fully saturated rings. The Balaban J connectivity index is 3.33. The van der Waals surface area contributed by atoms with Crippen LogP contribution in [0.15, 0.2) is 12.1 Å². The zero-order valence-electron chi connectivity index (χ0n) is 12.7. The van der Waals surface area contributed by atoms with E-state index in [1.54, 1.807) is 0 Å². The maximum absolute atomic E-state index is 4.84. The number of rotatable bonds is 3. The van der Waals surface area contributed by atoms with Crippen LogP contribution in [-0.2, 0) is 0 Å². The highest BCUT2D eigenvalue weighted by Crippen LogP contribution is 2.35. The Morgan fingerprint density at radius 3 is 1.71 bits per heavy atom. The monoisotopic (exact) mass is 265 g/mol. The summed E-state index contributed by atoms with van der Waals surface area (Å²) in [4.78, 5) is 4.84. The minimum absolute atomic E-state index is 0.744. The average Bonchev–Trinajstić information content (AvgIpc) is 1.93. The van der Waals surface area contributed by atoms with Crippen molar-refractivity contribution >= 4 is 16.1 Å². The molecule has 17 heavy (non-hydrogen) atoms. The van der Waals surface area contributed by atoms with Gasteiger partial charge in [-0.3, -0.25) is 4.98 Å². The van der Waals surface area contributed by atoms with E-state index in [4.69, 9.17) is 4.98 Å². The predicted octanol–water partition coefficient (Wildman–Crippen LogP) is 4.54. The number of hydrogen-bond acceptors (Lipinski definition) is 1. The van der Waals surface area contributed by atoms with Gasteiger partial charge in [0.1, 0.15) is 0 Å². The van der Waals surface area contributed by atoms with Gasteiger partial charge in [-0.25, -0.2) is 0 Å². The van der Waals surface area contributed by atoms with Crippen molar-refractivity contribution in [1.82, 2.24) is 4.98 Å². The largest absolute Gasteiger partial charge is 0.258 e. The van der Waals surface area contributed by atoms with E-state index in [9.17, 15) is 0 Å². The fraction of sp³-hybridized carbons (Fsp3) is 0.643. The first-order valence-electron chi connectivity index (χ1n) is 6.47. The Bertz CT molecular complexity index is 365. The molecule has 0 radical (unpaired) electrons. The Morgan fingerprint density at radius 1 is 0.882 bits per heavy atom. The molecule has 0 aliphatic heterocycles. The smallest absolute Gasteiger partial charge is 0.0513 e. The second kappa shape index (κ2) is 4.69. The molecule has 0 amide bonds. The van der Waals surface area contributed by atoms with Gasteiger partial charge < -0.3 is 0 Å². The molecule has 0 N–H and O–H groups in total. The number of pyridine rings is 1. The SMILES string of the molecule is Cc1cc(C)nc(C([Si](C)(C)C)[Si](C)(C)C)c1. The van der Waals surface area contributed by atoms with E-state index >= 15 is 0 Å². The summed E-state index contributed by atoms with van der Waals surface area (Å²) in [6, 6.07) is 4.49. The maximum Gasteiger partial charge on any atom is 0.0513 e. The summed E-state index contributed by atoms with van der Waals surface area (Å²) < 4.78 is 0. The Hall–Kier alpha value is -0.416. The van der Waals surface area contributed by atoms with Crippen molar-refractivity contribution in [2.75, 3.05) is 0 Å². The minimum atomic E-state index is -1.21. The predicted molar refractivity (Wildman–Crippen MR) is 83.1 cm³/mol. The average molecular weight is 266 g/mol. The summed E-state index contributed by atoms with van der Waals surface area (Å²) in [6.07, 6.45) is 0. The van der Waals surface area contributed by atoms with Crippen LogP contribution in [0.25, 0.3) is 0 Å². The number of aryl methyl sites for hydroxylation is 2. The van der Waals surface area contributed by atoms with Gasteiger partial charge >= 0.3 is 0 Å². The standard InChI is InChI=1S/C14H27NSi2/c1-11-9-12(2)15-13(10-11)14(16(3,4)5)17(6,7)8/h9-10,14H,1-8H3. The summed E-state index contributed by atoms with van der Waals surface area (Å²) in [7, 11) is -2.42. The van der Waals surface area contributed by atoms with E-state index in [0.717, 1.165) is 5.16 Å². The topological polar surface area (TPSA) is 12.9 Å². The third-order valence-corrected chi connectivity index (χ3v) is 12.4. The zero-order valence-corrected chi connectivity index (χ0v) is 14.7. The van der Waals surface area contributed by atoms with Crippen LogP contribution < -0.4 is 0 Å². The molecular weight excluding hydrogens is 238 g/mol. The van der Waals surface area contributed by atoms with E-state index in [1.165, 1.54) is 17.0 Å². The molecule has 0 spiro atoms. The van der Waals surface area contributed by atoms with Crippen LogP contribution in [0.4, 0.5) is 0 Å². The molecule has 0 unspecified atom stereocenters. The van der Waals surface area contributed by atoms with Gasteiger partial charge in [0.15, 0.2) is 0 Å². The third-order valence-electron chi connectivity index (χ3n) is 3.15. The van der Waals surface area contributed by atoms with Crippen molar-refractivity contribution in [2.24, 2.45) is 0 Å². The number of hydrogen-bond donors (Lipinski definition) is 0. The Kier molecular flexibility index (Phi) is 4.04. The van der Waals surface area contributed by atoms with Gasteiger partial charge in [0.05, 0.1) is 16.1 Å². The highest BCUT2D eigenvalue weighted by Gasteiger charge is 2.39. The van der Waals surface area contributed by atoms with Crippen LogP contribution in [0.2, 0.25) is 39.3 Å². The van der Waals surface area contributed by atoms with Gasteiger partial charge in [-0.2, -0.15) is 0 Å². The van der Waals surface area contributed by atoms with Crippen molar-refractivity contribution in [2.45, 2.75) is 58.3 Å². The van der Waals surface area contributed by atoms with Gasteiger partial charge in [0.25, 0.3) is 0 Å². The summed E-state index contributed by atoms with van der Waals surface area (Å²) in [5.74, 6) is 0. The molecule has 1 aromatic heterocycles. The first-order valence-corrected chi connectivity index (χ1v) is 13.6. The fourth-order valence-electron chi connectivity index (χ4n) is 3.21. The van der Waals surface area contributed by atoms with Crippen molar-refractivity contribution in [3.8, 4) is 0 Å². The number of aromatic nitrogens is 1. The van der Waals surface area contributed by atoms with E-state index in [1.807, 2.05) is 0 Å². The summed E-state index contributed by atoms with van der Waals surface area (Å²) in [5, 5.41) is 0.744. The van der Waals surface area contributed by atoms with E-state index < -0.39 is 16.1 Å². The van der Waals surface area contributed by atoms with E-state index in [-0.39, 0.29) is 0 Å². The molecular formula is C14H27NSi2. The highest BCUT2D eigenvalue weighted by molar-refractivity contribution is 6.96. The minimum Gasteiger partial charge on any atom is -0.258 e. The molecule has 1 heterocycles. The Labute approximate surface area is 109 Å². The lowest BCUT2D eigenvalue weighted by Crippen LogP contribution is -2.47. The van der Waals surface area contributed by atoms with Crippen molar-refractivity contribution in [3.05, 3.63) is 29.1 Å². The second-order valence-electron chi connectivity index (χ2n) is 7.38. The van der Waals surface area contributed by atoms with Crippen molar-refractivity contribution in [1.29, 1.82) is 0 Å². The van der Waals surface area contributed by atoms with Gasteiger partial charge in [-0.05, 0) is 36.7 Å². The van der Waals surface area contributed by atoms with E-state index in [2.05, 4.69) is 65.3 Å². The van der Waals surface area contributed by atoms with Crippen LogP contribution in [0.3, 0.4) is 0 Å². The summed E-state index contributed by atoms with van der Waals surface area (Å²) in [6.45, 7) is 19.2. The quantitative estimate of drug-likeness (QED) is 0.731. The molecule has 3 heteroatoms. The van der Waals surface area contributed by atoms with Gasteiger partial charge in [-0.15, -0.1) is 0 Å². The fourth-order valence-corrected chi connectivity index (χ4v) is 15.7. The van der Waals surface area contributed by atoms with Crippen molar-refractivity contribution < 1.29 is 0 Å². The van der Waals surface area contributed by atoms with Crippen LogP contribution in [0, 0.1) is 13.8 Å². The number of nitrogens with zero attached hydrogens (tertiary/aromatic N) is 1. The van der Waals surface area contributed by atoms with Crippen molar-refractivity contribution in [3.63, 3.8) is 0 Å². The molecule has 0 bridgehead atoms. The third kappa shape index (κ3) is 3.78. The van der Waals surface area contributed by atoms with Crippen LogP contribution in [0.1, 0.15) is 22.1 Å². The van der Waals surface area contributed by atoms with Crippen LogP contribution >= 0.6 is 0 Å². The van der Waals surface area contributed by atoms with Crippen LogP contribution in [-0.4, -0.2) is 21.1 Å². The Morgan fingerprint density at radius 2 is 1.35 bits per heavy atom. The van der Waals surface area contributed by atoms with Gasteiger partial charge in [-0.1, -0.05) is 39.3 Å². The first-order chi connectivity index (χ1) is 7.51. The zero-order chi connectivity index (χ0) is 13.4. The molecule has 0 aliphatic rings. The highest BCUT2D eigenvalue weighted by atomic mass is 28.4. The first kappa shape index (κ1) is 14.6. The molecule has 0 aliphatic carbocycles. The summed E-state index contributed by atoms with van der Waals surface area (Å²) in [5.41, 5.74) is 3.89. The maximum atomic E-state index is 4.84. The molecule has 1 aromatic rings. The molecule has 1 rings (SSSR count). The van der Waals surface area contributed by atoms with E-state index in [0.29, 0.717) is 0 Å². The normalized spacial score (nSPS) is 13.2.